The zero-order valence-corrected chi connectivity index (χ0v) is 11.6. The topological polar surface area (TPSA) is 39.7 Å². The number of pyridine rings is 1. The fraction of sp³-hybridized carbons (Fsp3) is 0.429. The number of anilines is 1. The van der Waals surface area contributed by atoms with E-state index < -0.39 is 0 Å². The van der Waals surface area contributed by atoms with Gasteiger partial charge in [-0.3, -0.25) is 9.80 Å². The van der Waals surface area contributed by atoms with E-state index >= 15 is 0 Å². The van der Waals surface area contributed by atoms with E-state index in [1.54, 1.807) is 0 Å². The first-order chi connectivity index (χ1) is 9.08. The molecule has 5 nitrogen and oxygen atoms in total. The fourth-order valence-electron chi connectivity index (χ4n) is 2.89. The van der Waals surface area contributed by atoms with Crippen molar-refractivity contribution < 1.29 is 4.79 Å². The van der Waals surface area contributed by atoms with E-state index in [1.165, 1.54) is 11.3 Å². The second kappa shape index (κ2) is 4.35. The number of hydrogen-bond acceptors (Lipinski definition) is 5. The summed E-state index contributed by atoms with van der Waals surface area (Å²) in [5.74, 6) is 1.25. The minimum absolute atomic E-state index is 0.285. The molecule has 19 heavy (non-hydrogen) atoms. The number of hydrogen-bond donors (Lipinski definition) is 0. The molecule has 0 spiro atoms. The van der Waals surface area contributed by atoms with Gasteiger partial charge in [0.25, 0.3) is 0 Å². The lowest BCUT2D eigenvalue weighted by Crippen LogP contribution is -2.45. The molecule has 3 heterocycles. The number of nitrogens with zero attached hydrogens (tertiary/aromatic N) is 4. The summed E-state index contributed by atoms with van der Waals surface area (Å²) in [6.45, 7) is 1.23. The SMILES string of the molecule is CN1CC(=O)CC2=C1c1cccnc1N(N(C)C)C2. The normalized spacial score (nSPS) is 18.8. The number of aromatic nitrogens is 1. The van der Waals surface area contributed by atoms with Crippen molar-refractivity contribution in [2.45, 2.75) is 6.42 Å². The molecule has 100 valence electrons. The van der Waals surface area contributed by atoms with Crippen LogP contribution in [-0.4, -0.2) is 54.9 Å². The first-order valence-electron chi connectivity index (χ1n) is 6.43. The van der Waals surface area contributed by atoms with Crippen LogP contribution in [0.15, 0.2) is 23.9 Å². The Morgan fingerprint density at radius 1 is 1.32 bits per heavy atom. The van der Waals surface area contributed by atoms with E-state index in [0.717, 1.165) is 17.9 Å². The van der Waals surface area contributed by atoms with Gasteiger partial charge in [0, 0.05) is 45.0 Å². The summed E-state index contributed by atoms with van der Waals surface area (Å²) in [7, 11) is 5.98. The minimum atomic E-state index is 0.285. The van der Waals surface area contributed by atoms with E-state index in [-0.39, 0.29) is 5.78 Å². The molecule has 5 heteroatoms. The van der Waals surface area contributed by atoms with Crippen LogP contribution in [0.1, 0.15) is 12.0 Å². The molecule has 0 aliphatic carbocycles. The molecule has 0 amide bonds. The third-order valence-corrected chi connectivity index (χ3v) is 3.65. The predicted octanol–water partition coefficient (Wildman–Crippen LogP) is 0.994. The Balaban J connectivity index is 2.16. The van der Waals surface area contributed by atoms with Crippen LogP contribution in [0.4, 0.5) is 5.82 Å². The van der Waals surface area contributed by atoms with Crippen LogP contribution in [0.3, 0.4) is 0 Å². The van der Waals surface area contributed by atoms with Crippen LogP contribution in [0.25, 0.3) is 5.70 Å². The van der Waals surface area contributed by atoms with Crippen LogP contribution in [0.2, 0.25) is 0 Å². The molecule has 2 aliphatic heterocycles. The average molecular weight is 258 g/mol. The molecule has 1 aromatic rings. The number of rotatable bonds is 1. The molecule has 0 radical (unpaired) electrons. The van der Waals surface area contributed by atoms with Crippen molar-refractivity contribution in [3.05, 3.63) is 29.5 Å². The van der Waals surface area contributed by atoms with Crippen LogP contribution in [0.5, 0.6) is 0 Å². The van der Waals surface area contributed by atoms with E-state index in [4.69, 9.17) is 0 Å². The molecule has 0 unspecified atom stereocenters. The molecule has 0 aromatic carbocycles. The van der Waals surface area contributed by atoms with Crippen molar-refractivity contribution in [1.82, 2.24) is 14.9 Å². The second-order valence-corrected chi connectivity index (χ2v) is 5.30. The Bertz CT molecular complexity index is 564. The highest BCUT2D eigenvalue weighted by atomic mass is 16.1. The Hall–Kier alpha value is -1.88. The van der Waals surface area contributed by atoms with Crippen LogP contribution in [-0.2, 0) is 4.79 Å². The summed E-state index contributed by atoms with van der Waals surface area (Å²) in [5, 5.41) is 4.13. The summed E-state index contributed by atoms with van der Waals surface area (Å²) in [5.41, 5.74) is 3.49. The van der Waals surface area contributed by atoms with Crippen molar-refractivity contribution in [2.75, 3.05) is 39.2 Å². The largest absolute Gasteiger partial charge is 0.367 e. The third-order valence-electron chi connectivity index (χ3n) is 3.65. The standard InChI is InChI=1S/C14H18N4O/c1-16(2)18-8-10-7-11(19)9-17(3)13(10)12-5-4-6-15-14(12)18/h4-6H,7-9H2,1-3H3. The lowest BCUT2D eigenvalue weighted by molar-refractivity contribution is -0.119. The van der Waals surface area contributed by atoms with Crippen LogP contribution in [0, 0.1) is 0 Å². The molecular weight excluding hydrogens is 240 g/mol. The highest BCUT2D eigenvalue weighted by Crippen LogP contribution is 2.38. The highest BCUT2D eigenvalue weighted by Gasteiger charge is 2.32. The quantitative estimate of drug-likeness (QED) is 0.751. The van der Waals surface area contributed by atoms with Gasteiger partial charge in [0.15, 0.2) is 11.6 Å². The van der Waals surface area contributed by atoms with Gasteiger partial charge in [0.2, 0.25) is 0 Å². The Kier molecular flexibility index (Phi) is 2.78. The maximum Gasteiger partial charge on any atom is 0.156 e. The number of Topliss-reactive ketones (excluding diaryl/α,β-unsaturated/α-hetero) is 1. The van der Waals surface area contributed by atoms with Crippen molar-refractivity contribution in [3.8, 4) is 0 Å². The summed E-state index contributed by atoms with van der Waals surface area (Å²) in [4.78, 5) is 18.3. The Morgan fingerprint density at radius 3 is 2.84 bits per heavy atom. The average Bonchev–Trinajstić information content (AvgIpc) is 2.36. The van der Waals surface area contributed by atoms with Gasteiger partial charge >= 0.3 is 0 Å². The summed E-state index contributed by atoms with van der Waals surface area (Å²) in [6, 6.07) is 4.03. The lowest BCUT2D eigenvalue weighted by atomic mass is 9.94. The predicted molar refractivity (Wildman–Crippen MR) is 74.4 cm³/mol. The van der Waals surface area contributed by atoms with E-state index in [9.17, 15) is 4.79 Å². The molecular formula is C14H18N4O. The van der Waals surface area contributed by atoms with Gasteiger partial charge in [-0.15, -0.1) is 0 Å². The second-order valence-electron chi connectivity index (χ2n) is 5.30. The molecule has 1 aromatic heterocycles. The van der Waals surface area contributed by atoms with Crippen molar-refractivity contribution in [3.63, 3.8) is 0 Å². The van der Waals surface area contributed by atoms with Gasteiger partial charge < -0.3 is 4.90 Å². The number of carbonyl (C=O) groups excluding carboxylic acids is 1. The molecule has 0 atom stereocenters. The first kappa shape index (κ1) is 12.2. The lowest BCUT2D eigenvalue weighted by Gasteiger charge is -2.41. The van der Waals surface area contributed by atoms with Crippen LogP contribution >= 0.6 is 0 Å². The molecule has 0 bridgehead atoms. The summed E-state index contributed by atoms with van der Waals surface area (Å²) >= 11 is 0. The number of hydrazine groups is 1. The zero-order valence-electron chi connectivity index (χ0n) is 11.6. The number of likely N-dealkylation sites (N-methyl/N-ethyl adjacent to an activating group) is 1. The Morgan fingerprint density at radius 2 is 2.11 bits per heavy atom. The zero-order chi connectivity index (χ0) is 13.6. The molecule has 3 rings (SSSR count). The Labute approximate surface area is 113 Å². The fourth-order valence-corrected chi connectivity index (χ4v) is 2.89. The monoisotopic (exact) mass is 258 g/mol. The van der Waals surface area contributed by atoms with E-state index in [2.05, 4.69) is 21.0 Å². The maximum absolute atomic E-state index is 11.8. The van der Waals surface area contributed by atoms with Crippen molar-refractivity contribution >= 4 is 17.3 Å². The van der Waals surface area contributed by atoms with Gasteiger partial charge in [0.1, 0.15) is 0 Å². The molecule has 0 saturated heterocycles. The highest BCUT2D eigenvalue weighted by molar-refractivity contribution is 5.92. The minimum Gasteiger partial charge on any atom is -0.367 e. The van der Waals surface area contributed by atoms with Gasteiger partial charge in [-0.05, 0) is 17.7 Å². The maximum atomic E-state index is 11.8. The molecule has 2 aliphatic rings. The summed E-state index contributed by atoms with van der Waals surface area (Å²) < 4.78 is 0. The molecule has 0 fully saturated rings. The number of carbonyl (C=O) groups is 1. The van der Waals surface area contributed by atoms with Gasteiger partial charge in [-0.2, -0.15) is 0 Å². The van der Waals surface area contributed by atoms with E-state index in [1.807, 2.05) is 38.4 Å². The first-order valence-corrected chi connectivity index (χ1v) is 6.43. The number of fused-ring (bicyclic) bond motifs is 2. The number of ketones is 1. The van der Waals surface area contributed by atoms with Crippen molar-refractivity contribution in [2.24, 2.45) is 0 Å². The summed E-state index contributed by atoms with van der Waals surface area (Å²) in [6.07, 6.45) is 2.37. The third kappa shape index (κ3) is 1.90. The molecule has 0 saturated carbocycles. The van der Waals surface area contributed by atoms with E-state index in [0.29, 0.717) is 13.0 Å². The van der Waals surface area contributed by atoms with Crippen molar-refractivity contribution in [1.29, 1.82) is 0 Å². The van der Waals surface area contributed by atoms with Gasteiger partial charge in [-0.1, -0.05) is 0 Å². The van der Waals surface area contributed by atoms with Gasteiger partial charge in [0.05, 0.1) is 13.1 Å². The van der Waals surface area contributed by atoms with Gasteiger partial charge in [-0.25, -0.2) is 9.99 Å². The molecule has 0 N–H and O–H groups in total. The smallest absolute Gasteiger partial charge is 0.156 e. The van der Waals surface area contributed by atoms with Crippen LogP contribution < -0.4 is 5.01 Å².